The van der Waals surface area contributed by atoms with Crippen LogP contribution in [0.3, 0.4) is 0 Å². The maximum Gasteiger partial charge on any atom is 0.123 e. The van der Waals surface area contributed by atoms with Gasteiger partial charge in [0.25, 0.3) is 0 Å². The Hall–Kier alpha value is -1.30. The van der Waals surface area contributed by atoms with Crippen LogP contribution in [0.25, 0.3) is 0 Å². The predicted octanol–water partition coefficient (Wildman–Crippen LogP) is 1.19. The Morgan fingerprint density at radius 2 is 2.05 bits per heavy atom. The molecule has 1 rings (SSSR count). The van der Waals surface area contributed by atoms with Crippen molar-refractivity contribution in [2.75, 3.05) is 26.9 Å². The largest absolute Gasteiger partial charge is 0.497 e. The standard InChI is InChI=1S/C15H25NO4/c1-3-12(7-8-17)16-10-13(18)11-20-15-6-4-5-14(9-15)19-2/h4-6,9,12-13,16-18H,3,7-8,10-11H2,1-2H3. The lowest BCUT2D eigenvalue weighted by Gasteiger charge is -2.19. The Labute approximate surface area is 120 Å². The molecule has 1 aromatic rings. The fourth-order valence-electron chi connectivity index (χ4n) is 1.85. The lowest BCUT2D eigenvalue weighted by Crippen LogP contribution is -2.38. The minimum Gasteiger partial charge on any atom is -0.497 e. The summed E-state index contributed by atoms with van der Waals surface area (Å²) in [4.78, 5) is 0. The van der Waals surface area contributed by atoms with Crippen molar-refractivity contribution in [1.82, 2.24) is 5.32 Å². The SMILES string of the molecule is CCC(CCO)NCC(O)COc1cccc(OC)c1. The number of aliphatic hydroxyl groups excluding tert-OH is 2. The highest BCUT2D eigenvalue weighted by Crippen LogP contribution is 2.18. The summed E-state index contributed by atoms with van der Waals surface area (Å²) in [7, 11) is 1.60. The summed E-state index contributed by atoms with van der Waals surface area (Å²) in [6.07, 6.45) is 1.03. The van der Waals surface area contributed by atoms with E-state index in [0.717, 1.165) is 12.2 Å². The molecule has 3 N–H and O–H groups in total. The first-order valence-electron chi connectivity index (χ1n) is 6.98. The first-order valence-corrected chi connectivity index (χ1v) is 6.98. The quantitative estimate of drug-likeness (QED) is 0.601. The van der Waals surface area contributed by atoms with E-state index in [0.29, 0.717) is 18.7 Å². The Kier molecular flexibility index (Phi) is 8.02. The van der Waals surface area contributed by atoms with Crippen molar-refractivity contribution >= 4 is 0 Å². The summed E-state index contributed by atoms with van der Waals surface area (Å²) in [6, 6.07) is 7.51. The third-order valence-corrected chi connectivity index (χ3v) is 3.10. The van der Waals surface area contributed by atoms with Crippen molar-refractivity contribution in [2.24, 2.45) is 0 Å². The van der Waals surface area contributed by atoms with Crippen LogP contribution < -0.4 is 14.8 Å². The lowest BCUT2D eigenvalue weighted by atomic mass is 10.1. The van der Waals surface area contributed by atoms with E-state index < -0.39 is 6.10 Å². The molecule has 0 aliphatic rings. The Bertz CT molecular complexity index is 373. The molecule has 0 radical (unpaired) electrons. The fourth-order valence-corrected chi connectivity index (χ4v) is 1.85. The molecule has 5 nitrogen and oxygen atoms in total. The van der Waals surface area contributed by atoms with Crippen LogP contribution >= 0.6 is 0 Å². The molecule has 0 aromatic heterocycles. The Morgan fingerprint density at radius 3 is 2.70 bits per heavy atom. The van der Waals surface area contributed by atoms with E-state index in [4.69, 9.17) is 14.6 Å². The van der Waals surface area contributed by atoms with E-state index in [9.17, 15) is 5.11 Å². The third kappa shape index (κ3) is 6.23. The van der Waals surface area contributed by atoms with Gasteiger partial charge in [-0.15, -0.1) is 0 Å². The molecule has 0 amide bonds. The third-order valence-electron chi connectivity index (χ3n) is 3.10. The molecule has 0 saturated heterocycles. The smallest absolute Gasteiger partial charge is 0.123 e. The van der Waals surface area contributed by atoms with Crippen molar-refractivity contribution in [2.45, 2.75) is 31.9 Å². The molecule has 0 bridgehead atoms. The van der Waals surface area contributed by atoms with Gasteiger partial charge in [-0.25, -0.2) is 0 Å². The molecule has 0 saturated carbocycles. The van der Waals surface area contributed by atoms with Gasteiger partial charge in [-0.3, -0.25) is 0 Å². The minimum atomic E-state index is -0.589. The molecule has 2 unspecified atom stereocenters. The molecular formula is C15H25NO4. The van der Waals surface area contributed by atoms with E-state index in [-0.39, 0.29) is 19.3 Å². The van der Waals surface area contributed by atoms with Crippen molar-refractivity contribution in [3.05, 3.63) is 24.3 Å². The van der Waals surface area contributed by atoms with Gasteiger partial charge in [0.05, 0.1) is 7.11 Å². The zero-order valence-corrected chi connectivity index (χ0v) is 12.2. The van der Waals surface area contributed by atoms with Crippen LogP contribution in [0.5, 0.6) is 11.5 Å². The van der Waals surface area contributed by atoms with E-state index in [2.05, 4.69) is 5.32 Å². The highest BCUT2D eigenvalue weighted by molar-refractivity contribution is 5.32. The van der Waals surface area contributed by atoms with Crippen LogP contribution in [0, 0.1) is 0 Å². The Morgan fingerprint density at radius 1 is 1.30 bits per heavy atom. The molecule has 114 valence electrons. The van der Waals surface area contributed by atoms with Crippen molar-refractivity contribution < 1.29 is 19.7 Å². The maximum absolute atomic E-state index is 9.87. The lowest BCUT2D eigenvalue weighted by molar-refractivity contribution is 0.102. The highest BCUT2D eigenvalue weighted by atomic mass is 16.5. The molecule has 0 aliphatic carbocycles. The normalized spacial score (nSPS) is 13.8. The zero-order valence-electron chi connectivity index (χ0n) is 12.2. The van der Waals surface area contributed by atoms with E-state index in [1.807, 2.05) is 25.1 Å². The van der Waals surface area contributed by atoms with Gasteiger partial charge in [-0.2, -0.15) is 0 Å². The first kappa shape index (κ1) is 16.8. The Balaban J connectivity index is 2.29. The first-order chi connectivity index (χ1) is 9.69. The minimum absolute atomic E-state index is 0.155. The topological polar surface area (TPSA) is 71.0 Å². The maximum atomic E-state index is 9.87. The van der Waals surface area contributed by atoms with Gasteiger partial charge in [0, 0.05) is 25.3 Å². The highest BCUT2D eigenvalue weighted by Gasteiger charge is 2.10. The van der Waals surface area contributed by atoms with E-state index >= 15 is 0 Å². The molecule has 0 fully saturated rings. The molecule has 0 spiro atoms. The average molecular weight is 283 g/mol. The number of ether oxygens (including phenoxy) is 2. The van der Waals surface area contributed by atoms with Crippen molar-refractivity contribution in [3.8, 4) is 11.5 Å². The number of rotatable bonds is 10. The monoisotopic (exact) mass is 283 g/mol. The number of nitrogens with one attached hydrogen (secondary N) is 1. The second-order valence-corrected chi connectivity index (χ2v) is 4.67. The van der Waals surface area contributed by atoms with Gasteiger partial charge in [-0.1, -0.05) is 13.0 Å². The number of methoxy groups -OCH3 is 1. The molecular weight excluding hydrogens is 258 g/mol. The number of hydrogen-bond acceptors (Lipinski definition) is 5. The average Bonchev–Trinajstić information content (AvgIpc) is 2.49. The van der Waals surface area contributed by atoms with Crippen molar-refractivity contribution in [3.63, 3.8) is 0 Å². The van der Waals surface area contributed by atoms with Crippen LogP contribution in [0.2, 0.25) is 0 Å². The van der Waals surface area contributed by atoms with Gasteiger partial charge < -0.3 is 25.0 Å². The van der Waals surface area contributed by atoms with Gasteiger partial charge in [0.15, 0.2) is 0 Å². The van der Waals surface area contributed by atoms with Gasteiger partial charge in [0.2, 0.25) is 0 Å². The van der Waals surface area contributed by atoms with Gasteiger partial charge in [-0.05, 0) is 25.0 Å². The summed E-state index contributed by atoms with van der Waals surface area (Å²) < 4.78 is 10.6. The second-order valence-electron chi connectivity index (χ2n) is 4.67. The predicted molar refractivity (Wildman–Crippen MR) is 78.3 cm³/mol. The molecule has 0 heterocycles. The van der Waals surface area contributed by atoms with Gasteiger partial charge in [0.1, 0.15) is 24.2 Å². The summed E-state index contributed by atoms with van der Waals surface area (Å²) in [5.41, 5.74) is 0. The number of aliphatic hydroxyl groups is 2. The second kappa shape index (κ2) is 9.58. The van der Waals surface area contributed by atoms with E-state index in [1.165, 1.54) is 0 Å². The summed E-state index contributed by atoms with van der Waals surface area (Å²) >= 11 is 0. The molecule has 20 heavy (non-hydrogen) atoms. The van der Waals surface area contributed by atoms with Crippen LogP contribution in [-0.4, -0.2) is 49.2 Å². The summed E-state index contributed by atoms with van der Waals surface area (Å²) in [5.74, 6) is 1.40. The van der Waals surface area contributed by atoms with Crippen LogP contribution in [0.1, 0.15) is 19.8 Å². The molecule has 0 aliphatic heterocycles. The molecule has 1 aromatic carbocycles. The number of hydrogen-bond donors (Lipinski definition) is 3. The molecule has 2 atom stereocenters. The number of benzene rings is 1. The summed E-state index contributed by atoms with van der Waals surface area (Å²) in [5, 5.41) is 22.0. The van der Waals surface area contributed by atoms with Crippen LogP contribution in [0.15, 0.2) is 24.3 Å². The fraction of sp³-hybridized carbons (Fsp3) is 0.600. The van der Waals surface area contributed by atoms with Gasteiger partial charge >= 0.3 is 0 Å². The zero-order chi connectivity index (χ0) is 14.8. The summed E-state index contributed by atoms with van der Waals surface area (Å²) in [6.45, 7) is 2.87. The van der Waals surface area contributed by atoms with Crippen LogP contribution in [-0.2, 0) is 0 Å². The van der Waals surface area contributed by atoms with E-state index in [1.54, 1.807) is 13.2 Å². The van der Waals surface area contributed by atoms with Crippen molar-refractivity contribution in [1.29, 1.82) is 0 Å². The van der Waals surface area contributed by atoms with Crippen LogP contribution in [0.4, 0.5) is 0 Å². The molecule has 5 heteroatoms.